The van der Waals surface area contributed by atoms with Gasteiger partial charge in [-0.25, -0.2) is 8.42 Å². The maximum absolute atomic E-state index is 11.9. The molecular weight excluding hydrogens is 228 g/mol. The number of piperidine rings is 1. The van der Waals surface area contributed by atoms with E-state index in [1.165, 1.54) is 6.20 Å². The summed E-state index contributed by atoms with van der Waals surface area (Å²) in [6.45, 7) is 1.38. The zero-order valence-corrected chi connectivity index (χ0v) is 9.57. The normalized spacial score (nSPS) is 21.6. The molecule has 2 rings (SSSR count). The molecular formula is C9H14N4O2S. The Hall–Kier alpha value is -1.21. The fourth-order valence-corrected chi connectivity index (χ4v) is 3.05. The van der Waals surface area contributed by atoms with Crippen LogP contribution in [0.25, 0.3) is 0 Å². The predicted octanol–water partition coefficient (Wildman–Crippen LogP) is -0.0297. The molecule has 1 fully saturated rings. The summed E-state index contributed by atoms with van der Waals surface area (Å²) in [5.41, 5.74) is 0. The highest BCUT2D eigenvalue weighted by Crippen LogP contribution is 2.14. The molecule has 0 aromatic carbocycles. The largest absolute Gasteiger partial charge is 0.315 e. The van der Waals surface area contributed by atoms with E-state index in [1.807, 2.05) is 0 Å². The zero-order valence-electron chi connectivity index (χ0n) is 8.76. The van der Waals surface area contributed by atoms with Crippen molar-refractivity contribution in [1.82, 2.24) is 15.5 Å². The average Bonchev–Trinajstić information content (AvgIpc) is 2.31. The highest BCUT2D eigenvalue weighted by molar-refractivity contribution is 7.93. The second kappa shape index (κ2) is 4.75. The van der Waals surface area contributed by atoms with Crippen molar-refractivity contribution in [2.45, 2.75) is 18.1 Å². The molecule has 1 saturated heterocycles. The van der Waals surface area contributed by atoms with E-state index in [0.717, 1.165) is 13.0 Å². The van der Waals surface area contributed by atoms with Crippen molar-refractivity contribution in [1.29, 1.82) is 0 Å². The molecule has 1 aliphatic heterocycles. The maximum Gasteiger partial charge on any atom is 0.238 e. The Morgan fingerprint density at radius 2 is 2.38 bits per heavy atom. The van der Waals surface area contributed by atoms with E-state index in [0.29, 0.717) is 13.0 Å². The fourth-order valence-electron chi connectivity index (χ4n) is 1.67. The van der Waals surface area contributed by atoms with Crippen LogP contribution in [0.5, 0.6) is 0 Å². The van der Waals surface area contributed by atoms with Gasteiger partial charge in [0.05, 0.1) is 5.25 Å². The summed E-state index contributed by atoms with van der Waals surface area (Å²) in [6.07, 6.45) is 3.06. The minimum absolute atomic E-state index is 0.271. The lowest BCUT2D eigenvalue weighted by Crippen LogP contribution is -2.41. The quantitative estimate of drug-likeness (QED) is 0.777. The van der Waals surface area contributed by atoms with Gasteiger partial charge in [0.2, 0.25) is 10.0 Å². The molecule has 2 heterocycles. The van der Waals surface area contributed by atoms with E-state index in [-0.39, 0.29) is 11.1 Å². The first kappa shape index (κ1) is 11.3. The van der Waals surface area contributed by atoms with Crippen LogP contribution in [-0.4, -0.2) is 37.0 Å². The fraction of sp³-hybridized carbons (Fsp3) is 0.556. The Bertz CT molecular complexity index is 428. The SMILES string of the molecule is O=S(=O)(Nc1cccnn1)C1CCCNC1. The van der Waals surface area contributed by atoms with Crippen LogP contribution in [0.3, 0.4) is 0 Å². The van der Waals surface area contributed by atoms with Gasteiger partial charge in [-0.3, -0.25) is 4.72 Å². The molecule has 1 aromatic heterocycles. The van der Waals surface area contributed by atoms with E-state index >= 15 is 0 Å². The lowest BCUT2D eigenvalue weighted by molar-refractivity contribution is 0.499. The molecule has 0 spiro atoms. The number of nitrogens with zero attached hydrogens (tertiary/aromatic N) is 2. The topological polar surface area (TPSA) is 84.0 Å². The van der Waals surface area contributed by atoms with Gasteiger partial charge in [-0.05, 0) is 31.5 Å². The number of anilines is 1. The van der Waals surface area contributed by atoms with Crippen LogP contribution in [0.4, 0.5) is 5.82 Å². The van der Waals surface area contributed by atoms with Gasteiger partial charge in [-0.2, -0.15) is 5.10 Å². The van der Waals surface area contributed by atoms with Crippen LogP contribution in [0.1, 0.15) is 12.8 Å². The minimum Gasteiger partial charge on any atom is -0.315 e. The standard InChI is InChI=1S/C9H14N4O2S/c14-16(15,8-3-1-5-10-7-8)13-9-4-2-6-11-12-9/h2,4,6,8,10H,1,3,5,7H2,(H,12,13). The molecule has 0 bridgehead atoms. The van der Waals surface area contributed by atoms with E-state index in [4.69, 9.17) is 0 Å². The smallest absolute Gasteiger partial charge is 0.238 e. The predicted molar refractivity (Wildman–Crippen MR) is 60.5 cm³/mol. The van der Waals surface area contributed by atoms with Crippen molar-refractivity contribution in [2.24, 2.45) is 0 Å². The molecule has 6 nitrogen and oxygen atoms in total. The van der Waals surface area contributed by atoms with Crippen LogP contribution in [0, 0.1) is 0 Å². The van der Waals surface area contributed by atoms with Gasteiger partial charge >= 0.3 is 0 Å². The van der Waals surface area contributed by atoms with Gasteiger partial charge in [0.15, 0.2) is 5.82 Å². The number of rotatable bonds is 3. The van der Waals surface area contributed by atoms with E-state index in [2.05, 4.69) is 20.2 Å². The third-order valence-corrected chi connectivity index (χ3v) is 4.28. The maximum atomic E-state index is 11.9. The lowest BCUT2D eigenvalue weighted by atomic mass is 10.2. The highest BCUT2D eigenvalue weighted by Gasteiger charge is 2.27. The van der Waals surface area contributed by atoms with Crippen molar-refractivity contribution in [2.75, 3.05) is 17.8 Å². The van der Waals surface area contributed by atoms with E-state index in [1.54, 1.807) is 12.1 Å². The van der Waals surface area contributed by atoms with Crippen LogP contribution in [0.15, 0.2) is 18.3 Å². The highest BCUT2D eigenvalue weighted by atomic mass is 32.2. The van der Waals surface area contributed by atoms with Crippen LogP contribution in [0.2, 0.25) is 0 Å². The van der Waals surface area contributed by atoms with Gasteiger partial charge in [-0.15, -0.1) is 5.10 Å². The van der Waals surface area contributed by atoms with Crippen LogP contribution in [-0.2, 0) is 10.0 Å². The average molecular weight is 242 g/mol. The van der Waals surface area contributed by atoms with Crippen molar-refractivity contribution in [3.63, 3.8) is 0 Å². The minimum atomic E-state index is -3.35. The van der Waals surface area contributed by atoms with Gasteiger partial charge in [0, 0.05) is 12.7 Å². The molecule has 1 aromatic rings. The van der Waals surface area contributed by atoms with Crippen molar-refractivity contribution >= 4 is 15.8 Å². The zero-order chi connectivity index (χ0) is 11.4. The third kappa shape index (κ3) is 2.67. The molecule has 0 aliphatic carbocycles. The second-order valence-corrected chi connectivity index (χ2v) is 5.69. The Morgan fingerprint density at radius 1 is 1.50 bits per heavy atom. The monoisotopic (exact) mass is 242 g/mol. The first-order valence-electron chi connectivity index (χ1n) is 5.18. The van der Waals surface area contributed by atoms with Gasteiger partial charge < -0.3 is 5.32 Å². The summed E-state index contributed by atoms with van der Waals surface area (Å²) in [7, 11) is -3.35. The summed E-state index contributed by atoms with van der Waals surface area (Å²) >= 11 is 0. The molecule has 1 aliphatic rings. The number of nitrogens with one attached hydrogen (secondary N) is 2. The summed E-state index contributed by atoms with van der Waals surface area (Å²) in [5, 5.41) is 10.0. The third-order valence-electron chi connectivity index (χ3n) is 2.51. The van der Waals surface area contributed by atoms with Gasteiger partial charge in [-0.1, -0.05) is 0 Å². The Labute approximate surface area is 94.5 Å². The van der Waals surface area contributed by atoms with Crippen LogP contribution >= 0.6 is 0 Å². The second-order valence-electron chi connectivity index (χ2n) is 3.72. The number of hydrogen-bond donors (Lipinski definition) is 2. The Kier molecular flexibility index (Phi) is 3.35. The number of hydrogen-bond acceptors (Lipinski definition) is 5. The summed E-state index contributed by atoms with van der Waals surface area (Å²) in [5.74, 6) is 0.271. The molecule has 0 radical (unpaired) electrons. The molecule has 1 atom stereocenters. The molecule has 7 heteroatoms. The van der Waals surface area contributed by atoms with Gasteiger partial charge in [0.1, 0.15) is 0 Å². The van der Waals surface area contributed by atoms with Crippen molar-refractivity contribution < 1.29 is 8.42 Å². The summed E-state index contributed by atoms with van der Waals surface area (Å²) < 4.78 is 26.3. The van der Waals surface area contributed by atoms with E-state index in [9.17, 15) is 8.42 Å². The van der Waals surface area contributed by atoms with Crippen molar-refractivity contribution in [3.05, 3.63) is 18.3 Å². The molecule has 88 valence electrons. The first-order chi connectivity index (χ1) is 7.68. The first-order valence-corrected chi connectivity index (χ1v) is 6.73. The molecule has 16 heavy (non-hydrogen) atoms. The van der Waals surface area contributed by atoms with Crippen LogP contribution < -0.4 is 10.0 Å². The Morgan fingerprint density at radius 3 is 3.00 bits per heavy atom. The van der Waals surface area contributed by atoms with E-state index < -0.39 is 10.0 Å². The van der Waals surface area contributed by atoms with Crippen molar-refractivity contribution in [3.8, 4) is 0 Å². The lowest BCUT2D eigenvalue weighted by Gasteiger charge is -2.22. The van der Waals surface area contributed by atoms with Gasteiger partial charge in [0.25, 0.3) is 0 Å². The number of aromatic nitrogens is 2. The summed E-state index contributed by atoms with van der Waals surface area (Å²) in [4.78, 5) is 0. The Balaban J connectivity index is 2.08. The molecule has 2 N–H and O–H groups in total. The molecule has 0 saturated carbocycles. The molecule has 1 unspecified atom stereocenters. The summed E-state index contributed by atoms with van der Waals surface area (Å²) in [6, 6.07) is 3.23. The number of sulfonamides is 1. The molecule has 0 amide bonds.